The van der Waals surface area contributed by atoms with Gasteiger partial charge in [-0.15, -0.1) is 0 Å². The zero-order valence-electron chi connectivity index (χ0n) is 11.1. The highest BCUT2D eigenvalue weighted by Gasteiger charge is 2.39. The summed E-state index contributed by atoms with van der Waals surface area (Å²) in [7, 11) is -4.18. The van der Waals surface area contributed by atoms with Gasteiger partial charge in [0.1, 0.15) is 6.54 Å². The van der Waals surface area contributed by atoms with E-state index in [0.29, 0.717) is 24.1 Å². The summed E-state index contributed by atoms with van der Waals surface area (Å²) in [4.78, 5) is 0. The van der Waals surface area contributed by atoms with Crippen molar-refractivity contribution >= 4 is 15.9 Å². The van der Waals surface area contributed by atoms with Crippen molar-refractivity contribution in [3.8, 4) is 0 Å². The average Bonchev–Trinajstić information content (AvgIpc) is 3.17. The van der Waals surface area contributed by atoms with Crippen LogP contribution >= 0.6 is 0 Å². The largest absolute Gasteiger partial charge is 0.402 e. The number of alkyl halides is 3. The van der Waals surface area contributed by atoms with Gasteiger partial charge in [-0.2, -0.15) is 30.6 Å². The van der Waals surface area contributed by atoms with E-state index in [1.165, 1.54) is 0 Å². The van der Waals surface area contributed by atoms with Crippen LogP contribution in [0.1, 0.15) is 18.4 Å². The van der Waals surface area contributed by atoms with Crippen molar-refractivity contribution < 1.29 is 21.6 Å². The molecule has 1 aliphatic carbocycles. The minimum atomic E-state index is -4.58. The van der Waals surface area contributed by atoms with Crippen molar-refractivity contribution in [1.82, 2.24) is 9.03 Å². The molecule has 5 nitrogen and oxygen atoms in total. The second kappa shape index (κ2) is 5.82. The van der Waals surface area contributed by atoms with Gasteiger partial charge in [0.15, 0.2) is 0 Å². The zero-order chi connectivity index (χ0) is 15.7. The molecule has 0 amide bonds. The molecule has 0 unspecified atom stereocenters. The second-order valence-electron chi connectivity index (χ2n) is 4.96. The molecule has 0 bridgehead atoms. The summed E-state index contributed by atoms with van der Waals surface area (Å²) < 4.78 is 63.3. The van der Waals surface area contributed by atoms with E-state index in [1.54, 1.807) is 29.0 Å². The first-order chi connectivity index (χ1) is 9.67. The Morgan fingerprint density at radius 1 is 1.33 bits per heavy atom. The summed E-state index contributed by atoms with van der Waals surface area (Å²) in [5, 5.41) is 0. The minimum Gasteiger partial charge on any atom is -0.399 e. The number of rotatable bonds is 6. The van der Waals surface area contributed by atoms with E-state index >= 15 is 0 Å². The highest BCUT2D eigenvalue weighted by molar-refractivity contribution is 7.87. The van der Waals surface area contributed by atoms with Crippen molar-refractivity contribution in [3.63, 3.8) is 0 Å². The Morgan fingerprint density at radius 3 is 2.52 bits per heavy atom. The van der Waals surface area contributed by atoms with Crippen molar-refractivity contribution in [3.05, 3.63) is 29.8 Å². The summed E-state index contributed by atoms with van der Waals surface area (Å²) in [6.07, 6.45) is -3.29. The standard InChI is InChI=1S/C12H16F3N3O2S/c13-12(14,15)8-17-21(19,20)18(11-4-5-11)7-9-2-1-3-10(16)6-9/h1-3,6,11,17H,4-5,7-8,16H2. The Labute approximate surface area is 121 Å². The lowest BCUT2D eigenvalue weighted by molar-refractivity contribution is -0.121. The summed E-state index contributed by atoms with van der Waals surface area (Å²) in [5.74, 6) is 0. The number of hydrogen-bond donors (Lipinski definition) is 2. The zero-order valence-corrected chi connectivity index (χ0v) is 11.9. The average molecular weight is 323 g/mol. The van der Waals surface area contributed by atoms with Gasteiger partial charge in [-0.25, -0.2) is 0 Å². The van der Waals surface area contributed by atoms with E-state index in [9.17, 15) is 21.6 Å². The van der Waals surface area contributed by atoms with Gasteiger partial charge in [-0.1, -0.05) is 12.1 Å². The van der Waals surface area contributed by atoms with Crippen molar-refractivity contribution in [2.24, 2.45) is 0 Å². The molecule has 2 rings (SSSR count). The molecule has 0 atom stereocenters. The van der Waals surface area contributed by atoms with E-state index in [1.807, 2.05) is 0 Å². The first kappa shape index (κ1) is 16.1. The molecule has 0 spiro atoms. The Morgan fingerprint density at radius 2 is 2.00 bits per heavy atom. The fourth-order valence-corrected chi connectivity index (χ4v) is 3.33. The molecule has 0 heterocycles. The maximum absolute atomic E-state index is 12.2. The third-order valence-corrected chi connectivity index (χ3v) is 4.56. The third-order valence-electron chi connectivity index (χ3n) is 3.01. The predicted molar refractivity (Wildman–Crippen MR) is 72.4 cm³/mol. The Hall–Kier alpha value is -1.32. The van der Waals surface area contributed by atoms with E-state index in [4.69, 9.17) is 5.73 Å². The predicted octanol–water partition coefficient (Wildman–Crippen LogP) is 1.63. The van der Waals surface area contributed by atoms with E-state index < -0.39 is 22.9 Å². The van der Waals surface area contributed by atoms with Crippen LogP contribution in [0.3, 0.4) is 0 Å². The second-order valence-corrected chi connectivity index (χ2v) is 6.67. The van der Waals surface area contributed by atoms with Gasteiger partial charge in [0.25, 0.3) is 10.2 Å². The van der Waals surface area contributed by atoms with Crippen LogP contribution in [0.4, 0.5) is 18.9 Å². The lowest BCUT2D eigenvalue weighted by Crippen LogP contribution is -2.44. The molecule has 0 aromatic heterocycles. The monoisotopic (exact) mass is 323 g/mol. The molecule has 1 saturated carbocycles. The Kier molecular flexibility index (Phi) is 4.45. The fourth-order valence-electron chi connectivity index (χ4n) is 1.90. The quantitative estimate of drug-likeness (QED) is 0.781. The van der Waals surface area contributed by atoms with Crippen LogP contribution in [0, 0.1) is 0 Å². The number of nitrogens with one attached hydrogen (secondary N) is 1. The number of hydrogen-bond acceptors (Lipinski definition) is 3. The molecule has 0 radical (unpaired) electrons. The Bertz CT molecular complexity index is 600. The molecule has 1 aromatic carbocycles. The molecular weight excluding hydrogens is 307 g/mol. The molecule has 1 aliphatic rings. The van der Waals surface area contributed by atoms with E-state index in [-0.39, 0.29) is 12.6 Å². The summed E-state index contributed by atoms with van der Waals surface area (Å²) >= 11 is 0. The van der Waals surface area contributed by atoms with Gasteiger partial charge in [0.05, 0.1) is 0 Å². The van der Waals surface area contributed by atoms with Crippen LogP contribution in [-0.4, -0.2) is 31.5 Å². The molecule has 9 heteroatoms. The van der Waals surface area contributed by atoms with Crippen LogP contribution < -0.4 is 10.5 Å². The minimum absolute atomic E-state index is 0.00287. The lowest BCUT2D eigenvalue weighted by Gasteiger charge is -2.22. The van der Waals surface area contributed by atoms with Gasteiger partial charge >= 0.3 is 6.18 Å². The summed E-state index contributed by atoms with van der Waals surface area (Å²) in [6, 6.07) is 6.36. The number of halogens is 3. The maximum Gasteiger partial charge on any atom is 0.402 e. The fraction of sp³-hybridized carbons (Fsp3) is 0.500. The lowest BCUT2D eigenvalue weighted by atomic mass is 10.2. The number of nitrogens with two attached hydrogens (primary N) is 1. The van der Waals surface area contributed by atoms with Crippen LogP contribution in [0.15, 0.2) is 24.3 Å². The normalized spacial score (nSPS) is 16.4. The third kappa shape index (κ3) is 4.87. The number of nitrogens with zero attached hydrogens (tertiary/aromatic N) is 1. The molecule has 0 aliphatic heterocycles. The van der Waals surface area contributed by atoms with Gasteiger partial charge in [0, 0.05) is 18.3 Å². The first-order valence-electron chi connectivity index (χ1n) is 6.35. The molecule has 3 N–H and O–H groups in total. The molecule has 0 saturated heterocycles. The SMILES string of the molecule is Nc1cccc(CN(C2CC2)S(=O)(=O)NCC(F)(F)F)c1. The van der Waals surface area contributed by atoms with Gasteiger partial charge in [-0.3, -0.25) is 0 Å². The number of benzene rings is 1. The van der Waals surface area contributed by atoms with Crippen LogP contribution in [0.25, 0.3) is 0 Å². The highest BCUT2D eigenvalue weighted by atomic mass is 32.2. The smallest absolute Gasteiger partial charge is 0.399 e. The highest BCUT2D eigenvalue weighted by Crippen LogP contribution is 2.30. The molecule has 1 fully saturated rings. The topological polar surface area (TPSA) is 75.4 Å². The molecule has 118 valence electrons. The molecular formula is C12H16F3N3O2S. The Balaban J connectivity index is 2.11. The first-order valence-corrected chi connectivity index (χ1v) is 7.79. The van der Waals surface area contributed by atoms with Crippen LogP contribution in [-0.2, 0) is 16.8 Å². The summed E-state index contributed by atoms with van der Waals surface area (Å²) in [5.41, 5.74) is 6.73. The number of nitrogen functional groups attached to an aromatic ring is 1. The number of anilines is 1. The molecule has 1 aromatic rings. The van der Waals surface area contributed by atoms with Gasteiger partial charge in [-0.05, 0) is 30.5 Å². The van der Waals surface area contributed by atoms with Crippen molar-refractivity contribution in [2.75, 3.05) is 12.3 Å². The molecule has 21 heavy (non-hydrogen) atoms. The van der Waals surface area contributed by atoms with Gasteiger partial charge in [0.2, 0.25) is 0 Å². The summed E-state index contributed by atoms with van der Waals surface area (Å²) in [6.45, 7) is -1.57. The van der Waals surface area contributed by atoms with Crippen LogP contribution in [0.2, 0.25) is 0 Å². The van der Waals surface area contributed by atoms with Crippen LogP contribution in [0.5, 0.6) is 0 Å². The van der Waals surface area contributed by atoms with Crippen molar-refractivity contribution in [2.45, 2.75) is 31.6 Å². The van der Waals surface area contributed by atoms with Gasteiger partial charge < -0.3 is 5.73 Å². The maximum atomic E-state index is 12.2. The van der Waals surface area contributed by atoms with E-state index in [0.717, 1.165) is 4.31 Å². The van der Waals surface area contributed by atoms with Crippen molar-refractivity contribution in [1.29, 1.82) is 0 Å². The van der Waals surface area contributed by atoms with E-state index in [2.05, 4.69) is 0 Å².